The molecule has 0 atom stereocenters. The third kappa shape index (κ3) is 3.64. The molecule has 24 heavy (non-hydrogen) atoms. The summed E-state index contributed by atoms with van der Waals surface area (Å²) < 4.78 is 12.2. The van der Waals surface area contributed by atoms with Crippen LogP contribution in [0, 0.1) is 27.7 Å². The van der Waals surface area contributed by atoms with E-state index in [0.29, 0.717) is 17.0 Å². The molecule has 0 bridgehead atoms. The van der Waals surface area contributed by atoms with Crippen molar-refractivity contribution in [1.29, 1.82) is 0 Å². The molecular weight excluding hydrogens is 308 g/mol. The largest absolute Gasteiger partial charge is 0.489 e. The Morgan fingerprint density at radius 3 is 2.25 bits per heavy atom. The highest BCUT2D eigenvalue weighted by molar-refractivity contribution is 6.41. The van der Waals surface area contributed by atoms with Crippen molar-refractivity contribution in [2.24, 2.45) is 7.05 Å². The number of hydrogen-bond acceptors (Lipinski definition) is 5. The van der Waals surface area contributed by atoms with Crippen molar-refractivity contribution in [3.05, 3.63) is 46.3 Å². The fourth-order valence-electron chi connectivity index (χ4n) is 2.57. The quantitative estimate of drug-likeness (QED) is 0.352. The van der Waals surface area contributed by atoms with Crippen molar-refractivity contribution in [2.45, 2.75) is 27.7 Å². The maximum absolute atomic E-state index is 12.2. The zero-order chi connectivity index (χ0) is 17.9. The molecule has 0 N–H and O–H groups in total. The SMILES string of the molecule is Cc1cccc(C)c1OCCOC(=O)C(=O)c1c(C)nn(C)c1C. The van der Waals surface area contributed by atoms with Gasteiger partial charge in [0.15, 0.2) is 0 Å². The lowest BCUT2D eigenvalue weighted by Crippen LogP contribution is -2.21. The molecule has 1 aromatic heterocycles. The number of carbonyl (C=O) groups excluding carboxylic acids is 2. The van der Waals surface area contributed by atoms with Gasteiger partial charge >= 0.3 is 5.97 Å². The first kappa shape index (κ1) is 17.7. The van der Waals surface area contributed by atoms with Crippen LogP contribution in [0.1, 0.15) is 32.9 Å². The van der Waals surface area contributed by atoms with Crippen LogP contribution in [0.3, 0.4) is 0 Å². The Morgan fingerprint density at radius 1 is 1.08 bits per heavy atom. The fourth-order valence-corrected chi connectivity index (χ4v) is 2.57. The van der Waals surface area contributed by atoms with E-state index in [1.165, 1.54) is 0 Å². The molecule has 0 unspecified atom stereocenters. The molecular formula is C18H22N2O4. The summed E-state index contributed by atoms with van der Waals surface area (Å²) >= 11 is 0. The summed E-state index contributed by atoms with van der Waals surface area (Å²) in [4.78, 5) is 24.1. The van der Waals surface area contributed by atoms with E-state index >= 15 is 0 Å². The first-order valence-electron chi connectivity index (χ1n) is 7.73. The lowest BCUT2D eigenvalue weighted by Gasteiger charge is -2.11. The van der Waals surface area contributed by atoms with Crippen LogP contribution < -0.4 is 4.74 Å². The van der Waals surface area contributed by atoms with Gasteiger partial charge in [-0.05, 0) is 38.8 Å². The van der Waals surface area contributed by atoms with Gasteiger partial charge in [0, 0.05) is 12.7 Å². The van der Waals surface area contributed by atoms with E-state index in [4.69, 9.17) is 9.47 Å². The number of esters is 1. The monoisotopic (exact) mass is 330 g/mol. The molecule has 0 aliphatic rings. The summed E-state index contributed by atoms with van der Waals surface area (Å²) in [5.74, 6) is -0.789. The number of hydrogen-bond donors (Lipinski definition) is 0. The average molecular weight is 330 g/mol. The zero-order valence-corrected chi connectivity index (χ0v) is 14.7. The van der Waals surface area contributed by atoms with E-state index in [-0.39, 0.29) is 13.2 Å². The minimum atomic E-state index is -0.890. The van der Waals surface area contributed by atoms with E-state index in [1.54, 1.807) is 25.6 Å². The van der Waals surface area contributed by atoms with Gasteiger partial charge in [0.05, 0.1) is 11.3 Å². The summed E-state index contributed by atoms with van der Waals surface area (Å²) in [6.45, 7) is 7.53. The Kier molecular flexibility index (Phi) is 5.39. The minimum absolute atomic E-state index is 0.0106. The predicted octanol–water partition coefficient (Wildman–Crippen LogP) is 2.46. The van der Waals surface area contributed by atoms with Crippen LogP contribution in [0.25, 0.3) is 0 Å². The van der Waals surface area contributed by atoms with Gasteiger partial charge in [0.25, 0.3) is 5.78 Å². The Balaban J connectivity index is 1.91. The Labute approximate surface area is 141 Å². The number of Topliss-reactive ketones (excluding diaryl/α,β-unsaturated/α-hetero) is 1. The highest BCUT2D eigenvalue weighted by Gasteiger charge is 2.25. The van der Waals surface area contributed by atoms with Crippen molar-refractivity contribution in [3.8, 4) is 5.75 Å². The molecule has 0 saturated carbocycles. The van der Waals surface area contributed by atoms with Crippen LogP contribution in [-0.2, 0) is 16.6 Å². The summed E-state index contributed by atoms with van der Waals surface area (Å²) in [6, 6.07) is 5.85. The van der Waals surface area contributed by atoms with E-state index in [1.807, 2.05) is 32.0 Å². The highest BCUT2D eigenvalue weighted by Crippen LogP contribution is 2.22. The number of ketones is 1. The molecule has 0 radical (unpaired) electrons. The zero-order valence-electron chi connectivity index (χ0n) is 14.7. The second-order valence-corrected chi connectivity index (χ2v) is 5.70. The minimum Gasteiger partial charge on any atom is -0.489 e. The second-order valence-electron chi connectivity index (χ2n) is 5.70. The smallest absolute Gasteiger partial charge is 0.379 e. The van der Waals surface area contributed by atoms with Gasteiger partial charge in [0.2, 0.25) is 0 Å². The molecule has 0 fully saturated rings. The number of para-hydroxylation sites is 1. The van der Waals surface area contributed by atoms with E-state index in [2.05, 4.69) is 5.10 Å². The molecule has 0 spiro atoms. The number of aryl methyl sites for hydroxylation is 4. The van der Waals surface area contributed by atoms with Gasteiger partial charge in [-0.1, -0.05) is 18.2 Å². The molecule has 6 nitrogen and oxygen atoms in total. The van der Waals surface area contributed by atoms with Crippen molar-refractivity contribution in [3.63, 3.8) is 0 Å². The number of carbonyl (C=O) groups is 2. The molecule has 0 aliphatic carbocycles. The first-order valence-corrected chi connectivity index (χ1v) is 7.73. The maximum Gasteiger partial charge on any atom is 0.379 e. The Hall–Kier alpha value is -2.63. The van der Waals surface area contributed by atoms with Crippen LogP contribution in [0.5, 0.6) is 5.75 Å². The number of ether oxygens (including phenoxy) is 2. The lowest BCUT2D eigenvalue weighted by atomic mass is 10.1. The molecule has 128 valence electrons. The molecule has 2 rings (SSSR count). The van der Waals surface area contributed by atoms with Gasteiger partial charge < -0.3 is 9.47 Å². The van der Waals surface area contributed by atoms with Crippen molar-refractivity contribution >= 4 is 11.8 Å². The Morgan fingerprint density at radius 2 is 1.71 bits per heavy atom. The predicted molar refractivity (Wildman–Crippen MR) is 89.4 cm³/mol. The maximum atomic E-state index is 12.2. The van der Waals surface area contributed by atoms with Crippen LogP contribution in [0.2, 0.25) is 0 Å². The van der Waals surface area contributed by atoms with Gasteiger partial charge in [0.1, 0.15) is 19.0 Å². The van der Waals surface area contributed by atoms with Crippen LogP contribution >= 0.6 is 0 Å². The van der Waals surface area contributed by atoms with Crippen LogP contribution in [-0.4, -0.2) is 34.7 Å². The number of rotatable bonds is 6. The summed E-state index contributed by atoms with van der Waals surface area (Å²) in [5.41, 5.74) is 3.49. The second kappa shape index (κ2) is 7.29. The van der Waals surface area contributed by atoms with Gasteiger partial charge in [-0.3, -0.25) is 9.48 Å². The lowest BCUT2D eigenvalue weighted by molar-refractivity contribution is -0.138. The van der Waals surface area contributed by atoms with Crippen LogP contribution in [0.15, 0.2) is 18.2 Å². The third-order valence-electron chi connectivity index (χ3n) is 3.89. The first-order chi connectivity index (χ1) is 11.3. The molecule has 2 aromatic rings. The Bertz CT molecular complexity index is 757. The van der Waals surface area contributed by atoms with E-state index in [9.17, 15) is 9.59 Å². The van der Waals surface area contributed by atoms with Crippen LogP contribution in [0.4, 0.5) is 0 Å². The number of benzene rings is 1. The van der Waals surface area contributed by atoms with Crippen molar-refractivity contribution < 1.29 is 19.1 Å². The van der Waals surface area contributed by atoms with E-state index < -0.39 is 11.8 Å². The molecule has 0 aliphatic heterocycles. The molecule has 6 heteroatoms. The average Bonchev–Trinajstić information content (AvgIpc) is 2.78. The summed E-state index contributed by atoms with van der Waals surface area (Å²) in [6.07, 6.45) is 0. The summed E-state index contributed by atoms with van der Waals surface area (Å²) in [5, 5.41) is 4.13. The standard InChI is InChI=1S/C18H22N2O4/c1-11-7-6-8-12(2)17(11)23-9-10-24-18(22)16(21)15-13(3)19-20(5)14(15)4/h6-8H,9-10H2,1-5H3. The molecule has 0 saturated heterocycles. The normalized spacial score (nSPS) is 10.5. The highest BCUT2D eigenvalue weighted by atomic mass is 16.6. The third-order valence-corrected chi connectivity index (χ3v) is 3.89. The molecule has 1 heterocycles. The molecule has 1 aromatic carbocycles. The van der Waals surface area contributed by atoms with Gasteiger partial charge in [-0.25, -0.2) is 4.79 Å². The van der Waals surface area contributed by atoms with Crippen molar-refractivity contribution in [1.82, 2.24) is 9.78 Å². The molecule has 0 amide bonds. The fraction of sp³-hybridized carbons (Fsp3) is 0.389. The van der Waals surface area contributed by atoms with Crippen molar-refractivity contribution in [2.75, 3.05) is 13.2 Å². The van der Waals surface area contributed by atoms with Gasteiger partial charge in [-0.2, -0.15) is 5.10 Å². The summed E-state index contributed by atoms with van der Waals surface area (Å²) in [7, 11) is 1.73. The van der Waals surface area contributed by atoms with E-state index in [0.717, 1.165) is 16.9 Å². The van der Waals surface area contributed by atoms with Gasteiger partial charge in [-0.15, -0.1) is 0 Å². The number of aromatic nitrogens is 2. The number of nitrogens with zero attached hydrogens (tertiary/aromatic N) is 2. The topological polar surface area (TPSA) is 70.4 Å².